The van der Waals surface area contributed by atoms with Gasteiger partial charge in [-0.15, -0.1) is 6.58 Å². The molecule has 4 rings (SSSR count). The highest BCUT2D eigenvalue weighted by atomic mass is 16.7. The zero-order valence-corrected chi connectivity index (χ0v) is 33.5. The van der Waals surface area contributed by atoms with Crippen molar-refractivity contribution in [3.05, 3.63) is 48.1 Å². The second-order valence-corrected chi connectivity index (χ2v) is 16.4. The van der Waals surface area contributed by atoms with E-state index in [9.17, 15) is 29.4 Å². The number of carbonyl (C=O) groups excluding carboxylic acids is 4. The number of ketones is 2. The molecule has 0 spiro atoms. The lowest BCUT2D eigenvalue weighted by atomic mass is 9.82. The molecule has 0 aromatic carbocycles. The second kappa shape index (κ2) is 19.8. The Bertz CT molecular complexity index is 1430. The van der Waals surface area contributed by atoms with Gasteiger partial charge < -0.3 is 34.1 Å². The monoisotopic (exact) mass is 755 g/mol. The lowest BCUT2D eigenvalue weighted by molar-refractivity contribution is -0.302. The van der Waals surface area contributed by atoms with E-state index in [0.717, 1.165) is 24.0 Å². The number of hydrogen-bond acceptors (Lipinski definition) is 10. The van der Waals surface area contributed by atoms with Crippen molar-refractivity contribution in [2.24, 2.45) is 29.6 Å². The molecule has 1 aliphatic carbocycles. The molecule has 1 amide bonds. The van der Waals surface area contributed by atoms with Crippen LogP contribution in [-0.4, -0.2) is 102 Å². The number of aliphatic hydroxyl groups is 2. The van der Waals surface area contributed by atoms with E-state index in [1.807, 2.05) is 26.8 Å². The van der Waals surface area contributed by atoms with Crippen molar-refractivity contribution in [2.75, 3.05) is 20.8 Å². The molecule has 3 heterocycles. The third-order valence-electron chi connectivity index (χ3n) is 12.0. The average Bonchev–Trinajstić information content (AvgIpc) is 3.15. The van der Waals surface area contributed by atoms with Crippen LogP contribution in [0.5, 0.6) is 0 Å². The van der Waals surface area contributed by atoms with Crippen molar-refractivity contribution in [1.29, 1.82) is 0 Å². The molecule has 0 aromatic rings. The number of ether oxygens (including phenoxy) is 4. The molecular formula is C43H65NO10. The summed E-state index contributed by atoms with van der Waals surface area (Å²) in [5.74, 6) is -6.70. The van der Waals surface area contributed by atoms with E-state index in [2.05, 4.69) is 19.6 Å². The molecule has 11 heteroatoms. The summed E-state index contributed by atoms with van der Waals surface area (Å²) in [4.78, 5) is 57.4. The maximum Gasteiger partial charge on any atom is 0.329 e. The summed E-state index contributed by atoms with van der Waals surface area (Å²) in [6.45, 7) is 13.5. The van der Waals surface area contributed by atoms with Crippen LogP contribution in [0.2, 0.25) is 0 Å². The number of cyclic esters (lactones) is 1. The lowest BCUT2D eigenvalue weighted by Crippen LogP contribution is -2.64. The Morgan fingerprint density at radius 3 is 2.33 bits per heavy atom. The topological polar surface area (TPSA) is 149 Å². The van der Waals surface area contributed by atoms with Gasteiger partial charge in [0.25, 0.3) is 11.7 Å². The number of nitrogens with zero attached hydrogens (tertiary/aromatic N) is 1. The Kier molecular flexibility index (Phi) is 16.0. The fourth-order valence-corrected chi connectivity index (χ4v) is 8.84. The predicted octanol–water partition coefficient (Wildman–Crippen LogP) is 5.82. The van der Waals surface area contributed by atoms with E-state index in [1.54, 1.807) is 39.4 Å². The third-order valence-corrected chi connectivity index (χ3v) is 12.0. The molecule has 3 aliphatic heterocycles. The Morgan fingerprint density at radius 2 is 1.69 bits per heavy atom. The fourth-order valence-electron chi connectivity index (χ4n) is 8.84. The van der Waals surface area contributed by atoms with Gasteiger partial charge in [0.15, 0.2) is 5.78 Å². The Balaban J connectivity index is 1.77. The zero-order chi connectivity index (χ0) is 39.7. The minimum Gasteiger partial charge on any atom is -0.456 e. The van der Waals surface area contributed by atoms with Crippen molar-refractivity contribution >= 4 is 23.4 Å². The molecule has 302 valence electrons. The van der Waals surface area contributed by atoms with Gasteiger partial charge in [-0.3, -0.25) is 14.4 Å². The van der Waals surface area contributed by atoms with Crippen molar-refractivity contribution < 1.29 is 48.3 Å². The standard InChI is InChI=1S/C43H65NO10/c1-9-12-32-22-26(2)21-27(3)23-36(51-7)39-37(52-8)25-30(6)43(50,54-39)40(47)41(48)44-20-11-10-13-34(44)42(49)53-38(28(4)14-19-35(32)46)29(5)24-31-15-17-33(45)18-16-31/h9,14,19,22,24,27-28,30-34,36-39,45,50H,1,10-13,15-18,20-21,23,25H2,2-8H3/b19-14+,26-22+,29-24+/t27-,28+,30+,31-,32+,33-,34-,36-,37-,38-,39+,43+/m0/s1. The zero-order valence-electron chi connectivity index (χ0n) is 33.5. The van der Waals surface area contributed by atoms with Crippen LogP contribution in [0, 0.1) is 29.6 Å². The van der Waals surface area contributed by atoms with Crippen LogP contribution in [0.3, 0.4) is 0 Å². The number of hydrogen-bond donors (Lipinski definition) is 2. The molecule has 0 unspecified atom stereocenters. The van der Waals surface area contributed by atoms with Crippen molar-refractivity contribution in [2.45, 2.75) is 148 Å². The molecule has 2 saturated heterocycles. The minimum absolute atomic E-state index is 0.0569. The van der Waals surface area contributed by atoms with Crippen LogP contribution in [-0.2, 0) is 38.1 Å². The molecular weight excluding hydrogens is 690 g/mol. The smallest absolute Gasteiger partial charge is 0.329 e. The number of carbonyl (C=O) groups is 4. The predicted molar refractivity (Wildman–Crippen MR) is 205 cm³/mol. The molecule has 2 bridgehead atoms. The first kappa shape index (κ1) is 43.8. The van der Waals surface area contributed by atoms with Gasteiger partial charge >= 0.3 is 5.97 Å². The number of esters is 1. The first-order chi connectivity index (χ1) is 25.6. The van der Waals surface area contributed by atoms with Gasteiger partial charge in [-0.1, -0.05) is 50.6 Å². The summed E-state index contributed by atoms with van der Waals surface area (Å²) in [7, 11) is 3.09. The van der Waals surface area contributed by atoms with Crippen LogP contribution in [0.1, 0.15) is 105 Å². The number of piperidine rings is 1. The number of fused-ring (bicyclic) bond motifs is 3. The van der Waals surface area contributed by atoms with E-state index in [1.165, 1.54) is 4.90 Å². The summed E-state index contributed by atoms with van der Waals surface area (Å²) >= 11 is 0. The maximum absolute atomic E-state index is 14.2. The number of rotatable bonds is 6. The van der Waals surface area contributed by atoms with Gasteiger partial charge in [0.05, 0.1) is 18.3 Å². The summed E-state index contributed by atoms with van der Waals surface area (Å²) in [5, 5.41) is 22.1. The SMILES string of the molecule is C=CC[C@@H]1/C=C(\C)C[C@H](C)C[C@H](OC)[C@H]2O[C@@](O)(C(=O)C(=O)N3CCCC[C@H]3C(=O)O[C@H](/C(C)=C/[C@H]3CC[C@H](O)CC3)[C@H](C)/C=C/C1=O)[C@H](C)C[C@@H]2OC. The van der Waals surface area contributed by atoms with Crippen LogP contribution in [0.15, 0.2) is 48.1 Å². The molecule has 54 heavy (non-hydrogen) atoms. The first-order valence-corrected chi connectivity index (χ1v) is 20.0. The highest BCUT2D eigenvalue weighted by Gasteiger charge is 2.56. The van der Waals surface area contributed by atoms with Crippen molar-refractivity contribution in [3.63, 3.8) is 0 Å². The molecule has 0 radical (unpaired) electrons. The molecule has 10 atom stereocenters. The molecule has 2 N–H and O–H groups in total. The third kappa shape index (κ3) is 10.7. The normalized spacial score (nSPS) is 40.1. The Morgan fingerprint density at radius 1 is 1.02 bits per heavy atom. The number of Topliss-reactive ketones (excluding diaryl/α,β-unsaturated/α-hetero) is 1. The number of aliphatic hydroxyl groups excluding tert-OH is 1. The first-order valence-electron chi connectivity index (χ1n) is 20.0. The van der Waals surface area contributed by atoms with Crippen LogP contribution in [0.25, 0.3) is 0 Å². The van der Waals surface area contributed by atoms with Gasteiger partial charge in [0, 0.05) is 38.5 Å². The number of allylic oxidation sites excluding steroid dienone is 5. The lowest BCUT2D eigenvalue weighted by Gasteiger charge is -2.47. The number of amides is 1. The quantitative estimate of drug-likeness (QED) is 0.193. The summed E-state index contributed by atoms with van der Waals surface area (Å²) < 4.78 is 24.2. The molecule has 11 nitrogen and oxygen atoms in total. The van der Waals surface area contributed by atoms with E-state index in [0.29, 0.717) is 51.4 Å². The van der Waals surface area contributed by atoms with Gasteiger partial charge in [0.2, 0.25) is 5.79 Å². The van der Waals surface area contributed by atoms with Crippen LogP contribution < -0.4 is 0 Å². The van der Waals surface area contributed by atoms with Crippen LogP contribution >= 0.6 is 0 Å². The van der Waals surface area contributed by atoms with E-state index in [4.69, 9.17) is 18.9 Å². The van der Waals surface area contributed by atoms with Gasteiger partial charge in [-0.2, -0.15) is 0 Å². The minimum atomic E-state index is -2.47. The van der Waals surface area contributed by atoms with Gasteiger partial charge in [0.1, 0.15) is 18.2 Å². The largest absolute Gasteiger partial charge is 0.456 e. The summed E-state index contributed by atoms with van der Waals surface area (Å²) in [6.07, 6.45) is 12.5. The fraction of sp³-hybridized carbons (Fsp3) is 0.721. The van der Waals surface area contributed by atoms with E-state index in [-0.39, 0.29) is 36.7 Å². The van der Waals surface area contributed by atoms with Gasteiger partial charge in [-0.25, -0.2) is 4.79 Å². The molecule has 0 aromatic heterocycles. The number of methoxy groups -OCH3 is 2. The van der Waals surface area contributed by atoms with Crippen LogP contribution in [0.4, 0.5) is 0 Å². The van der Waals surface area contributed by atoms with Crippen molar-refractivity contribution in [3.8, 4) is 0 Å². The highest BCUT2D eigenvalue weighted by molar-refractivity contribution is 6.39. The summed E-state index contributed by atoms with van der Waals surface area (Å²) in [6, 6.07) is -1.05. The maximum atomic E-state index is 14.2. The summed E-state index contributed by atoms with van der Waals surface area (Å²) in [5.41, 5.74) is 1.83. The van der Waals surface area contributed by atoms with Gasteiger partial charge in [-0.05, 0) is 108 Å². The molecule has 4 aliphatic rings. The Labute approximate surface area is 322 Å². The second-order valence-electron chi connectivity index (χ2n) is 16.4. The average molecular weight is 756 g/mol. The van der Waals surface area contributed by atoms with E-state index < -0.39 is 71.7 Å². The molecule has 1 saturated carbocycles. The van der Waals surface area contributed by atoms with Crippen molar-refractivity contribution in [1.82, 2.24) is 4.90 Å². The molecule has 3 fully saturated rings. The van der Waals surface area contributed by atoms with E-state index >= 15 is 0 Å². The Hall–Kier alpha value is -2.96. The highest BCUT2D eigenvalue weighted by Crippen LogP contribution is 2.39.